The van der Waals surface area contributed by atoms with Crippen LogP contribution in [0.2, 0.25) is 0 Å². The zero-order valence-corrected chi connectivity index (χ0v) is 6.59. The summed E-state index contributed by atoms with van der Waals surface area (Å²) in [4.78, 5) is -2.99. The Balaban J connectivity index is 4.35. The Kier molecular flexibility index (Phi) is 3.25. The van der Waals surface area contributed by atoms with E-state index in [0.717, 1.165) is 0 Å². The van der Waals surface area contributed by atoms with Crippen LogP contribution in [0.4, 0.5) is 22.0 Å². The minimum Gasteiger partial charge on any atom is -0.390 e. The first-order chi connectivity index (χ1) is 4.72. The molecule has 0 aliphatic carbocycles. The maximum Gasteiger partial charge on any atom is 0.407 e. The lowest BCUT2D eigenvalue weighted by Crippen LogP contribution is -2.42. The van der Waals surface area contributed by atoms with E-state index < -0.39 is 23.5 Å². The maximum atomic E-state index is 12.0. The number of halogens is 6. The van der Waals surface area contributed by atoms with Crippen molar-refractivity contribution in [3.63, 3.8) is 0 Å². The first kappa shape index (κ1) is 11.1. The molecule has 0 saturated heterocycles. The fourth-order valence-electron chi connectivity index (χ4n) is 0.320. The predicted octanol–water partition coefficient (Wildman–Crippen LogP) is 1.94. The number of rotatable bonds is 2. The van der Waals surface area contributed by atoms with Gasteiger partial charge in [0.25, 0.3) is 5.92 Å². The van der Waals surface area contributed by atoms with Crippen molar-refractivity contribution in [3.8, 4) is 0 Å². The molecular formula is C4H4BrF5O. The van der Waals surface area contributed by atoms with E-state index in [1.807, 2.05) is 0 Å². The molecule has 0 spiro atoms. The summed E-state index contributed by atoms with van der Waals surface area (Å²) in [6, 6.07) is 0. The Hall–Kier alpha value is 0.0900. The quantitative estimate of drug-likeness (QED) is 0.580. The Bertz CT molecular complexity index is 133. The highest BCUT2D eigenvalue weighted by molar-refractivity contribution is 9.09. The largest absolute Gasteiger partial charge is 0.407 e. The average Bonchev–Trinajstić information content (AvgIpc) is 1.84. The van der Waals surface area contributed by atoms with Crippen LogP contribution in [0.25, 0.3) is 0 Å². The fourth-order valence-corrected chi connectivity index (χ4v) is 0.464. The van der Waals surface area contributed by atoms with Crippen LogP contribution >= 0.6 is 15.9 Å². The molecule has 0 rings (SSSR count). The molecule has 0 saturated carbocycles. The summed E-state index contributed by atoms with van der Waals surface area (Å²) in [5, 5.41) is 7.85. The molecule has 0 aromatic carbocycles. The summed E-state index contributed by atoms with van der Waals surface area (Å²) >= 11 is 1.74. The Labute approximate surface area is 67.3 Å². The molecule has 0 aliphatic rings. The molecule has 1 unspecified atom stereocenters. The lowest BCUT2D eigenvalue weighted by molar-refractivity contribution is -0.186. The van der Waals surface area contributed by atoms with E-state index in [2.05, 4.69) is 0 Å². The van der Waals surface area contributed by atoms with Gasteiger partial charge in [0.1, 0.15) is 6.61 Å². The molecular weight excluding hydrogens is 239 g/mol. The molecule has 1 atom stereocenters. The van der Waals surface area contributed by atoms with Crippen LogP contribution < -0.4 is 0 Å². The SMILES string of the molecule is OCC(F)(F)C(Br)C(F)(F)F. The van der Waals surface area contributed by atoms with Crippen LogP contribution in [0.3, 0.4) is 0 Å². The highest BCUT2D eigenvalue weighted by Crippen LogP contribution is 2.37. The van der Waals surface area contributed by atoms with E-state index in [9.17, 15) is 22.0 Å². The van der Waals surface area contributed by atoms with Gasteiger partial charge in [0.05, 0.1) is 0 Å². The van der Waals surface area contributed by atoms with Gasteiger partial charge < -0.3 is 5.11 Å². The molecule has 0 aromatic heterocycles. The van der Waals surface area contributed by atoms with Crippen molar-refractivity contribution in [1.29, 1.82) is 0 Å². The zero-order valence-electron chi connectivity index (χ0n) is 5.00. The van der Waals surface area contributed by atoms with E-state index in [4.69, 9.17) is 5.11 Å². The van der Waals surface area contributed by atoms with E-state index in [1.54, 1.807) is 15.9 Å². The van der Waals surface area contributed by atoms with Crippen molar-refractivity contribution in [2.75, 3.05) is 6.61 Å². The molecule has 11 heavy (non-hydrogen) atoms. The van der Waals surface area contributed by atoms with Crippen LogP contribution in [0.1, 0.15) is 0 Å². The van der Waals surface area contributed by atoms with Crippen LogP contribution in [0, 0.1) is 0 Å². The van der Waals surface area contributed by atoms with Gasteiger partial charge in [0.15, 0.2) is 4.83 Å². The smallest absolute Gasteiger partial charge is 0.390 e. The molecule has 0 aromatic rings. The van der Waals surface area contributed by atoms with Gasteiger partial charge in [-0.05, 0) is 0 Å². The molecule has 68 valence electrons. The number of aliphatic hydroxyl groups is 1. The zero-order chi connectivity index (χ0) is 9.28. The molecule has 1 N–H and O–H groups in total. The summed E-state index contributed by atoms with van der Waals surface area (Å²) in [5.41, 5.74) is 0. The monoisotopic (exact) mass is 242 g/mol. The van der Waals surface area contributed by atoms with Gasteiger partial charge in [-0.3, -0.25) is 0 Å². The Morgan fingerprint density at radius 3 is 1.64 bits per heavy atom. The third-order valence-corrected chi connectivity index (χ3v) is 2.06. The second-order valence-electron chi connectivity index (χ2n) is 1.82. The highest BCUT2D eigenvalue weighted by atomic mass is 79.9. The third kappa shape index (κ3) is 2.90. The minimum absolute atomic E-state index is 1.74. The topological polar surface area (TPSA) is 20.2 Å². The second kappa shape index (κ2) is 3.22. The van der Waals surface area contributed by atoms with Gasteiger partial charge in [-0.2, -0.15) is 13.2 Å². The molecule has 1 nitrogen and oxygen atoms in total. The standard InChI is InChI=1S/C4H4BrF5O/c5-2(4(8,9)10)3(6,7)1-11/h2,11H,1H2. The van der Waals surface area contributed by atoms with Crippen molar-refractivity contribution in [2.45, 2.75) is 16.9 Å². The lowest BCUT2D eigenvalue weighted by Gasteiger charge is -2.21. The molecule has 0 bridgehead atoms. The van der Waals surface area contributed by atoms with Crippen molar-refractivity contribution in [2.24, 2.45) is 0 Å². The number of hydrogen-bond donors (Lipinski definition) is 1. The number of alkyl halides is 6. The molecule has 7 heteroatoms. The number of aliphatic hydroxyl groups excluding tert-OH is 1. The van der Waals surface area contributed by atoms with Crippen molar-refractivity contribution >= 4 is 15.9 Å². The molecule has 0 amide bonds. The summed E-state index contributed by atoms with van der Waals surface area (Å²) in [5.74, 6) is -4.17. The van der Waals surface area contributed by atoms with Crippen molar-refractivity contribution < 1.29 is 27.1 Å². The van der Waals surface area contributed by atoms with Gasteiger partial charge in [-0.1, -0.05) is 15.9 Å². The van der Waals surface area contributed by atoms with E-state index in [0.29, 0.717) is 0 Å². The van der Waals surface area contributed by atoms with Gasteiger partial charge in [0, 0.05) is 0 Å². The summed E-state index contributed by atoms with van der Waals surface area (Å²) in [7, 11) is 0. The van der Waals surface area contributed by atoms with Crippen molar-refractivity contribution in [1.82, 2.24) is 0 Å². The van der Waals surface area contributed by atoms with Gasteiger partial charge in [0.2, 0.25) is 0 Å². The van der Waals surface area contributed by atoms with Crippen LogP contribution in [-0.2, 0) is 0 Å². The van der Waals surface area contributed by atoms with E-state index in [-0.39, 0.29) is 0 Å². The fraction of sp³-hybridized carbons (Fsp3) is 1.00. The van der Waals surface area contributed by atoms with E-state index in [1.165, 1.54) is 0 Å². The number of hydrogen-bond acceptors (Lipinski definition) is 1. The van der Waals surface area contributed by atoms with Crippen LogP contribution in [0.5, 0.6) is 0 Å². The second-order valence-corrected chi connectivity index (χ2v) is 2.74. The van der Waals surface area contributed by atoms with Gasteiger partial charge >= 0.3 is 6.18 Å². The van der Waals surface area contributed by atoms with Crippen molar-refractivity contribution in [3.05, 3.63) is 0 Å². The normalized spacial score (nSPS) is 16.6. The van der Waals surface area contributed by atoms with Gasteiger partial charge in [-0.25, -0.2) is 8.78 Å². The maximum absolute atomic E-state index is 12.0. The average molecular weight is 243 g/mol. The first-order valence-corrected chi connectivity index (χ1v) is 3.33. The summed E-state index contributed by atoms with van der Waals surface area (Å²) in [6.45, 7) is -1.83. The predicted molar refractivity (Wildman–Crippen MR) is 30.8 cm³/mol. The molecule has 0 fully saturated rings. The van der Waals surface area contributed by atoms with Crippen LogP contribution in [0.15, 0.2) is 0 Å². The summed E-state index contributed by atoms with van der Waals surface area (Å²) < 4.78 is 58.5. The Morgan fingerprint density at radius 1 is 1.18 bits per heavy atom. The molecule has 0 aliphatic heterocycles. The van der Waals surface area contributed by atoms with Gasteiger partial charge in [-0.15, -0.1) is 0 Å². The van der Waals surface area contributed by atoms with E-state index >= 15 is 0 Å². The Morgan fingerprint density at radius 2 is 1.55 bits per heavy atom. The first-order valence-electron chi connectivity index (χ1n) is 2.41. The molecule has 0 radical (unpaired) electrons. The lowest BCUT2D eigenvalue weighted by atomic mass is 10.2. The minimum atomic E-state index is -5.05. The highest BCUT2D eigenvalue weighted by Gasteiger charge is 2.53. The van der Waals surface area contributed by atoms with Crippen LogP contribution in [-0.4, -0.2) is 28.6 Å². The molecule has 0 heterocycles. The summed E-state index contributed by atoms with van der Waals surface area (Å²) in [6.07, 6.45) is -5.05. The third-order valence-electron chi connectivity index (χ3n) is 0.869.